The largest absolute Gasteiger partial charge is 0.461 e. The summed E-state index contributed by atoms with van der Waals surface area (Å²) in [6, 6.07) is 0. The number of rotatable bonds is 19. The van der Waals surface area contributed by atoms with Gasteiger partial charge in [-0.15, -0.1) is 0 Å². The van der Waals surface area contributed by atoms with E-state index < -0.39 is 274 Å². The highest BCUT2D eigenvalue weighted by Gasteiger charge is 2.92. The smallest absolute Gasteiger partial charge is 0.331 e. The average Bonchev–Trinajstić information content (AvgIpc) is 1.50. The number of Topliss-reactive ketones (excluding diaryl/α,β-unsaturated/α-hetero) is 4. The standard InChI is InChI=1S/C29H38O9.C27H36O8.C27H36O7.C25H34O8/c1-8-9-22(31)37-26(7)23-20-11-19(14-36-18(6)30)13-27(34)21(10-16(4)24(27)32)29(20,35)17(5)12-28(23,26)38-25(33)15(2)3;1-7-8-20(29)34-24(6)21-18-10-17(13-28)12-25(32)19(9-15(4)22(25)30)27(18,33)16(5)11-26(21,24)35-23(31)14(2)3;1-8-9-20(28)33-24(7)21-18-10-15(4)12-25(31)19(11-16(5)22(25)29)27(18,32)17(6)13-26(21,24)34-23(30)14(2)3;1-12(2)21(28)33-24-9-14(4)25(31)17(19(24)22(24,6)29)8-16(11-32-15(5)26)10-23(30)18(25)7-13(3)20(23)27/h8-11,15,17,20-21,23,34-35H,12-14H2,1-7H3;7-10,14,16,18-19,21,28,32-33H,11-13H2,1-6H3;8-11,14,17-19,21,31-32H,12-13H2,1-7H3;7-8,12,14,17-19,29-31H,9-11H2,1-6H3/b9-8+;8-7+;9-8+;/t17-,20+,21-,23-,26?,27-,28+,29-;16-,18+,19-,21-,24?,25-,26+,27-;17-,18+,19-,21-,24?,25-,26+,27-;14-,17+,18-,19-,22?,23-,24+,25-/m1111/s1. The van der Waals surface area contributed by atoms with Gasteiger partial charge in [0, 0.05) is 111 Å². The van der Waals surface area contributed by atoms with Crippen molar-refractivity contribution >= 4 is 76.9 Å². The van der Waals surface area contributed by atoms with Crippen molar-refractivity contribution in [3.8, 4) is 0 Å². The number of ether oxygens (including phenoxy) is 9. The van der Waals surface area contributed by atoms with Gasteiger partial charge in [-0.2, -0.15) is 0 Å². The Labute approximate surface area is 817 Å². The Hall–Kier alpha value is -9.35. The van der Waals surface area contributed by atoms with Crippen molar-refractivity contribution in [3.63, 3.8) is 0 Å². The molecule has 32 heteroatoms. The van der Waals surface area contributed by atoms with Gasteiger partial charge in [-0.25, -0.2) is 14.4 Å². The maximum Gasteiger partial charge on any atom is 0.331 e. The molecule has 0 aromatic rings. The second-order valence-corrected chi connectivity index (χ2v) is 45.3. The second kappa shape index (κ2) is 36.1. The first-order valence-corrected chi connectivity index (χ1v) is 49.2. The van der Waals surface area contributed by atoms with Crippen LogP contribution in [0.3, 0.4) is 0 Å². The van der Waals surface area contributed by atoms with Gasteiger partial charge in [0.05, 0.1) is 70.4 Å². The molecule has 768 valence electrons. The molecule has 16 rings (SSSR count). The van der Waals surface area contributed by atoms with E-state index in [2.05, 4.69) is 0 Å². The van der Waals surface area contributed by atoms with Crippen LogP contribution in [0.1, 0.15) is 231 Å². The zero-order valence-electron chi connectivity index (χ0n) is 85.4. The molecule has 0 heterocycles. The van der Waals surface area contributed by atoms with E-state index in [1.165, 1.54) is 32.1 Å². The minimum Gasteiger partial charge on any atom is -0.461 e. The van der Waals surface area contributed by atoms with E-state index in [0.717, 1.165) is 5.57 Å². The van der Waals surface area contributed by atoms with Crippen LogP contribution in [0.4, 0.5) is 0 Å². The molecule has 8 fully saturated rings. The van der Waals surface area contributed by atoms with Crippen LogP contribution in [0.25, 0.3) is 0 Å². The molecular weight excluding hydrogens is 1810 g/mol. The van der Waals surface area contributed by atoms with Crippen LogP contribution in [0.15, 0.2) is 130 Å². The Morgan fingerprint density at radius 1 is 0.350 bits per heavy atom. The van der Waals surface area contributed by atoms with Crippen LogP contribution < -0.4 is 0 Å². The fourth-order valence-corrected chi connectivity index (χ4v) is 28.0. The van der Waals surface area contributed by atoms with Crippen molar-refractivity contribution < 1.29 is 156 Å². The molecule has 0 bridgehead atoms. The van der Waals surface area contributed by atoms with Gasteiger partial charge in [0.2, 0.25) is 0 Å². The Kier molecular flexibility index (Phi) is 27.9. The van der Waals surface area contributed by atoms with Gasteiger partial charge >= 0.3 is 53.7 Å². The number of esters is 9. The number of hydrogen-bond donors (Lipinski definition) is 10. The summed E-state index contributed by atoms with van der Waals surface area (Å²) in [5.41, 5.74) is -20.0. The van der Waals surface area contributed by atoms with Crippen molar-refractivity contribution in [1.29, 1.82) is 0 Å². The van der Waals surface area contributed by atoms with E-state index in [4.69, 9.17) is 42.6 Å². The van der Waals surface area contributed by atoms with Crippen molar-refractivity contribution in [3.05, 3.63) is 130 Å². The van der Waals surface area contributed by atoms with Gasteiger partial charge in [-0.1, -0.05) is 155 Å². The number of hydrogen-bond acceptors (Lipinski definition) is 32. The molecule has 16 aliphatic rings. The molecule has 32 atom stereocenters. The predicted molar refractivity (Wildman–Crippen MR) is 502 cm³/mol. The van der Waals surface area contributed by atoms with Crippen molar-refractivity contribution in [2.24, 2.45) is 118 Å². The van der Waals surface area contributed by atoms with Gasteiger partial charge < -0.3 is 93.7 Å². The number of allylic oxidation sites excluding steroid dienone is 3. The monoisotopic (exact) mass is 1950 g/mol. The molecule has 4 unspecified atom stereocenters. The van der Waals surface area contributed by atoms with E-state index in [9.17, 15) is 113 Å². The first-order chi connectivity index (χ1) is 64.6. The molecule has 32 nitrogen and oxygen atoms in total. The molecule has 10 N–H and O–H groups in total. The summed E-state index contributed by atoms with van der Waals surface area (Å²) in [6.45, 7) is 42.9. The number of carbonyl (C=O) groups excluding carboxylic acids is 13. The maximum absolute atomic E-state index is 13.2. The SMILES string of the molecule is C/C=C/C(=O)OC1(C)[C@H]2[C@@H]3C=C(C)C[C@]4(O)C(=O)C(C)=C[C@H]4[C@@]3(O)[C@H](C)C[C@]21OC(=O)C(C)C.C/C=C/C(=O)OC1(C)[C@H]2[C@@H]3C=C(CO)C[C@]4(O)C(=O)C(C)=C[C@H]4[C@@]3(O)[C@H](C)C[C@]21OC(=O)C(C)C.C/C=C/C(=O)OC1(C)[C@H]2[C@@H]3C=C(COC(C)=O)C[C@]4(O)C(=O)C(C)=C[C@H]4[C@@]3(O)[C@H](C)C[C@]21OC(=O)C(C)C.CC(=O)OCC1=C[C@H]2[C@@H]3C(C)(O)[C@]3(OC(=O)C(C)C)C[C@@H](C)[C@]2(O)[C@@H]2C=C(C)C(=O)[C@@]2(O)C1. The summed E-state index contributed by atoms with van der Waals surface area (Å²) in [4.78, 5) is 164. The fraction of sp³-hybridized carbons (Fsp3) is 0.676. The lowest BCUT2D eigenvalue weighted by molar-refractivity contribution is -0.189. The lowest BCUT2D eigenvalue weighted by Crippen LogP contribution is -2.61. The zero-order chi connectivity index (χ0) is 105. The highest BCUT2D eigenvalue weighted by Crippen LogP contribution is 2.79. The summed E-state index contributed by atoms with van der Waals surface area (Å²) in [5, 5.41) is 118. The van der Waals surface area contributed by atoms with Crippen molar-refractivity contribution in [1.82, 2.24) is 0 Å². The van der Waals surface area contributed by atoms with Gasteiger partial charge in [0.1, 0.15) is 46.8 Å². The number of aliphatic hydroxyl groups is 10. The van der Waals surface area contributed by atoms with Gasteiger partial charge in [0.25, 0.3) is 0 Å². The highest BCUT2D eigenvalue weighted by molar-refractivity contribution is 6.07. The molecule has 140 heavy (non-hydrogen) atoms. The number of fused-ring (bicyclic) bond motifs is 20. The molecular formula is C108H144O32. The molecule has 16 aliphatic carbocycles. The summed E-state index contributed by atoms with van der Waals surface area (Å²) in [5.74, 6) is -19.1. The third-order valence-corrected chi connectivity index (χ3v) is 35.1. The van der Waals surface area contributed by atoms with Crippen LogP contribution in [0.2, 0.25) is 0 Å². The van der Waals surface area contributed by atoms with E-state index in [1.807, 2.05) is 19.9 Å². The number of aliphatic hydroxyl groups excluding tert-OH is 1. The first-order valence-electron chi connectivity index (χ1n) is 49.2. The van der Waals surface area contributed by atoms with Crippen molar-refractivity contribution in [2.75, 3.05) is 19.8 Å². The van der Waals surface area contributed by atoms with Gasteiger partial charge in [0.15, 0.2) is 56.7 Å². The Balaban J connectivity index is 0.000000157. The summed E-state index contributed by atoms with van der Waals surface area (Å²) in [6.07, 6.45) is 22.7. The van der Waals surface area contributed by atoms with Crippen molar-refractivity contribution in [2.45, 2.75) is 321 Å². The third kappa shape index (κ3) is 15.9. The quantitative estimate of drug-likeness (QED) is 0.0249. The summed E-state index contributed by atoms with van der Waals surface area (Å²) in [7, 11) is 0. The van der Waals surface area contributed by atoms with Crippen LogP contribution >= 0.6 is 0 Å². The molecule has 0 saturated heterocycles. The summed E-state index contributed by atoms with van der Waals surface area (Å²) >= 11 is 0. The fourth-order valence-electron chi connectivity index (χ4n) is 28.0. The summed E-state index contributed by atoms with van der Waals surface area (Å²) < 4.78 is 52.4. The van der Waals surface area contributed by atoms with Crippen LogP contribution in [0, 0.1) is 118 Å². The molecule has 0 amide bonds. The highest BCUT2D eigenvalue weighted by atomic mass is 16.6. The second-order valence-electron chi connectivity index (χ2n) is 45.3. The lowest BCUT2D eigenvalue weighted by atomic mass is 9.60. The molecule has 0 spiro atoms. The van der Waals surface area contributed by atoms with E-state index >= 15 is 0 Å². The maximum atomic E-state index is 13.2. The van der Waals surface area contributed by atoms with Crippen LogP contribution in [0.5, 0.6) is 0 Å². The van der Waals surface area contributed by atoms with Gasteiger partial charge in [-0.3, -0.25) is 47.9 Å². The molecule has 0 aliphatic heterocycles. The predicted octanol–water partition coefficient (Wildman–Crippen LogP) is 9.11. The zero-order valence-corrected chi connectivity index (χ0v) is 85.4. The normalized spacial score (nSPS) is 44.0. The topological polar surface area (TPSA) is 507 Å². The number of carbonyl (C=O) groups is 13. The van der Waals surface area contributed by atoms with Crippen LogP contribution in [-0.2, 0) is 105 Å². The minimum absolute atomic E-state index is 0.100. The molecule has 8 saturated carbocycles. The van der Waals surface area contributed by atoms with Crippen LogP contribution in [-0.4, -0.2) is 237 Å². The average molecular weight is 1950 g/mol. The minimum atomic E-state index is -1.94. The molecule has 0 aromatic carbocycles. The van der Waals surface area contributed by atoms with E-state index in [1.54, 1.807) is 213 Å². The number of ketones is 4. The Morgan fingerprint density at radius 2 is 0.586 bits per heavy atom. The first kappa shape index (κ1) is 108. The Bertz CT molecular complexity index is 5570. The Morgan fingerprint density at radius 3 is 0.843 bits per heavy atom. The molecule has 0 radical (unpaired) electrons. The molecule has 0 aromatic heterocycles. The van der Waals surface area contributed by atoms with E-state index in [-0.39, 0.29) is 82.2 Å². The lowest BCUT2D eigenvalue weighted by Gasteiger charge is -2.50. The third-order valence-electron chi connectivity index (χ3n) is 35.1. The van der Waals surface area contributed by atoms with E-state index in [0.29, 0.717) is 39.0 Å². The van der Waals surface area contributed by atoms with Gasteiger partial charge in [-0.05, 0) is 171 Å².